The van der Waals surface area contributed by atoms with Crippen LogP contribution in [0.15, 0.2) is 24.3 Å². The SMILES string of the molecule is CCN(C(=O)CN1C(=O)NC2(CCC(C(C)(C)CC)CC2)C1=O)c1ccc(F)cc1. The van der Waals surface area contributed by atoms with Gasteiger partial charge in [-0.2, -0.15) is 0 Å². The third-order valence-electron chi connectivity index (χ3n) is 7.15. The van der Waals surface area contributed by atoms with Crippen LogP contribution >= 0.6 is 0 Å². The van der Waals surface area contributed by atoms with Gasteiger partial charge in [0.25, 0.3) is 5.91 Å². The molecule has 1 heterocycles. The van der Waals surface area contributed by atoms with Gasteiger partial charge in [0.1, 0.15) is 17.9 Å². The molecule has 30 heavy (non-hydrogen) atoms. The third kappa shape index (κ3) is 4.07. The molecule has 0 radical (unpaired) electrons. The van der Waals surface area contributed by atoms with Gasteiger partial charge in [0.15, 0.2) is 0 Å². The van der Waals surface area contributed by atoms with Crippen molar-refractivity contribution >= 4 is 23.5 Å². The molecule has 1 saturated heterocycles. The number of rotatable bonds is 6. The highest BCUT2D eigenvalue weighted by molar-refractivity contribution is 6.10. The molecule has 1 aromatic carbocycles. The average molecular weight is 418 g/mol. The van der Waals surface area contributed by atoms with Crippen molar-refractivity contribution in [2.75, 3.05) is 18.0 Å². The number of amides is 4. The maximum atomic E-state index is 13.2. The van der Waals surface area contributed by atoms with Gasteiger partial charge in [0, 0.05) is 12.2 Å². The van der Waals surface area contributed by atoms with E-state index in [1.54, 1.807) is 6.92 Å². The second kappa shape index (κ2) is 8.36. The number of imide groups is 1. The highest BCUT2D eigenvalue weighted by Gasteiger charge is 2.53. The van der Waals surface area contributed by atoms with Gasteiger partial charge in [-0.1, -0.05) is 27.2 Å². The molecule has 0 aromatic heterocycles. The molecule has 1 aliphatic heterocycles. The Bertz CT molecular complexity index is 813. The molecule has 1 aromatic rings. The second-order valence-corrected chi connectivity index (χ2v) is 9.13. The predicted molar refractivity (Wildman–Crippen MR) is 113 cm³/mol. The molecule has 1 saturated carbocycles. The molecule has 2 fully saturated rings. The summed E-state index contributed by atoms with van der Waals surface area (Å²) in [5, 5.41) is 2.89. The van der Waals surface area contributed by atoms with E-state index in [9.17, 15) is 18.8 Å². The van der Waals surface area contributed by atoms with Crippen LogP contribution in [-0.4, -0.2) is 41.4 Å². The Morgan fingerprint density at radius 3 is 2.33 bits per heavy atom. The second-order valence-electron chi connectivity index (χ2n) is 9.13. The molecule has 1 aliphatic carbocycles. The Hall–Kier alpha value is -2.44. The molecule has 0 bridgehead atoms. The largest absolute Gasteiger partial charge is 0.325 e. The first kappa shape index (κ1) is 22.2. The van der Waals surface area contributed by atoms with E-state index in [0.717, 1.165) is 24.2 Å². The van der Waals surface area contributed by atoms with E-state index < -0.39 is 11.6 Å². The number of nitrogens with one attached hydrogen (secondary N) is 1. The molecule has 2 aliphatic rings. The van der Waals surface area contributed by atoms with E-state index in [2.05, 4.69) is 26.1 Å². The summed E-state index contributed by atoms with van der Waals surface area (Å²) in [4.78, 5) is 41.1. The zero-order valence-electron chi connectivity index (χ0n) is 18.3. The third-order valence-corrected chi connectivity index (χ3v) is 7.15. The van der Waals surface area contributed by atoms with Crippen LogP contribution in [0, 0.1) is 17.2 Å². The molecule has 0 unspecified atom stereocenters. The van der Waals surface area contributed by atoms with E-state index in [0.29, 0.717) is 31.0 Å². The molecular weight excluding hydrogens is 385 g/mol. The number of halogens is 1. The zero-order valence-corrected chi connectivity index (χ0v) is 18.3. The summed E-state index contributed by atoms with van der Waals surface area (Å²) < 4.78 is 13.2. The fourth-order valence-corrected chi connectivity index (χ4v) is 4.68. The molecule has 3 rings (SSSR count). The fraction of sp³-hybridized carbons (Fsp3) is 0.609. The van der Waals surface area contributed by atoms with E-state index in [-0.39, 0.29) is 29.6 Å². The fourth-order valence-electron chi connectivity index (χ4n) is 4.68. The average Bonchev–Trinajstić information content (AvgIpc) is 2.94. The van der Waals surface area contributed by atoms with Crippen molar-refractivity contribution in [1.29, 1.82) is 0 Å². The smallest absolute Gasteiger partial charge is 0.323 e. The maximum Gasteiger partial charge on any atom is 0.325 e. The molecule has 7 heteroatoms. The lowest BCUT2D eigenvalue weighted by atomic mass is 9.65. The Morgan fingerprint density at radius 1 is 1.20 bits per heavy atom. The number of urea groups is 1. The summed E-state index contributed by atoms with van der Waals surface area (Å²) in [6.45, 7) is 8.52. The van der Waals surface area contributed by atoms with Gasteiger partial charge < -0.3 is 10.2 Å². The molecular formula is C23H32FN3O3. The van der Waals surface area contributed by atoms with Crippen molar-refractivity contribution in [1.82, 2.24) is 10.2 Å². The van der Waals surface area contributed by atoms with Gasteiger partial charge in [0.05, 0.1) is 0 Å². The Morgan fingerprint density at radius 2 is 1.80 bits per heavy atom. The first-order valence-corrected chi connectivity index (χ1v) is 10.8. The highest BCUT2D eigenvalue weighted by atomic mass is 19.1. The van der Waals surface area contributed by atoms with E-state index in [4.69, 9.17) is 0 Å². The summed E-state index contributed by atoms with van der Waals surface area (Å²) >= 11 is 0. The van der Waals surface area contributed by atoms with E-state index in [1.807, 2.05) is 0 Å². The van der Waals surface area contributed by atoms with Crippen molar-refractivity contribution in [3.8, 4) is 0 Å². The Kier molecular flexibility index (Phi) is 6.20. The standard InChI is InChI=1S/C23H32FN3O3/c1-5-22(3,4)16-11-13-23(14-12-16)20(29)27(21(30)25-23)15-19(28)26(6-2)18-9-7-17(24)8-10-18/h7-10,16H,5-6,11-15H2,1-4H3,(H,25,30). The van der Waals surface area contributed by atoms with Crippen molar-refractivity contribution in [3.63, 3.8) is 0 Å². The Balaban J connectivity index is 1.69. The van der Waals surface area contributed by atoms with Gasteiger partial charge in [0.2, 0.25) is 5.91 Å². The summed E-state index contributed by atoms with van der Waals surface area (Å²) in [6, 6.07) is 5.09. The lowest BCUT2D eigenvalue weighted by Crippen LogP contribution is -2.51. The number of likely N-dealkylation sites (N-methyl/N-ethyl adjacent to an activating group) is 1. The van der Waals surface area contributed by atoms with Crippen molar-refractivity contribution in [3.05, 3.63) is 30.1 Å². The molecule has 0 atom stereocenters. The normalized spacial score (nSPS) is 24.3. The summed E-state index contributed by atoms with van der Waals surface area (Å²) in [6.07, 6.45) is 4.04. The molecule has 1 spiro atoms. The topological polar surface area (TPSA) is 69.7 Å². The molecule has 4 amide bonds. The van der Waals surface area contributed by atoms with Crippen LogP contribution < -0.4 is 10.2 Å². The first-order valence-electron chi connectivity index (χ1n) is 10.8. The number of carbonyl (C=O) groups is 3. The summed E-state index contributed by atoms with van der Waals surface area (Å²) in [5.74, 6) is -0.545. The van der Waals surface area contributed by atoms with Crippen LogP contribution in [0.1, 0.15) is 59.8 Å². The first-order chi connectivity index (χ1) is 14.1. The summed E-state index contributed by atoms with van der Waals surface area (Å²) in [5.41, 5.74) is -0.141. The minimum Gasteiger partial charge on any atom is -0.323 e. The lowest BCUT2D eigenvalue weighted by Gasteiger charge is -2.42. The molecule has 6 nitrogen and oxygen atoms in total. The number of anilines is 1. The van der Waals surface area contributed by atoms with Crippen molar-refractivity contribution in [2.45, 2.75) is 65.3 Å². The zero-order chi connectivity index (χ0) is 22.1. The van der Waals surface area contributed by atoms with Crippen LogP contribution in [-0.2, 0) is 9.59 Å². The van der Waals surface area contributed by atoms with Gasteiger partial charge in [-0.05, 0) is 68.2 Å². The van der Waals surface area contributed by atoms with Crippen LogP contribution in [0.4, 0.5) is 14.9 Å². The van der Waals surface area contributed by atoms with E-state index in [1.165, 1.54) is 29.2 Å². The Labute approximate surface area is 177 Å². The number of hydrogen-bond acceptors (Lipinski definition) is 3. The minimum absolute atomic E-state index is 0.208. The van der Waals surface area contributed by atoms with Crippen LogP contribution in [0.2, 0.25) is 0 Å². The number of carbonyl (C=O) groups excluding carboxylic acids is 3. The van der Waals surface area contributed by atoms with Gasteiger partial charge in [-0.25, -0.2) is 9.18 Å². The van der Waals surface area contributed by atoms with Crippen LogP contribution in [0.5, 0.6) is 0 Å². The van der Waals surface area contributed by atoms with Crippen molar-refractivity contribution < 1.29 is 18.8 Å². The highest BCUT2D eigenvalue weighted by Crippen LogP contribution is 2.45. The van der Waals surface area contributed by atoms with Crippen LogP contribution in [0.25, 0.3) is 0 Å². The van der Waals surface area contributed by atoms with E-state index >= 15 is 0 Å². The van der Waals surface area contributed by atoms with Gasteiger partial charge >= 0.3 is 6.03 Å². The molecule has 1 N–H and O–H groups in total. The number of benzene rings is 1. The number of hydrogen-bond donors (Lipinski definition) is 1. The quantitative estimate of drug-likeness (QED) is 0.709. The maximum absolute atomic E-state index is 13.2. The van der Waals surface area contributed by atoms with Gasteiger partial charge in [-0.3, -0.25) is 14.5 Å². The molecule has 164 valence electrons. The lowest BCUT2D eigenvalue weighted by molar-refractivity contribution is -0.135. The number of nitrogens with zero attached hydrogens (tertiary/aromatic N) is 2. The summed E-state index contributed by atoms with van der Waals surface area (Å²) in [7, 11) is 0. The monoisotopic (exact) mass is 417 g/mol. The van der Waals surface area contributed by atoms with Gasteiger partial charge in [-0.15, -0.1) is 0 Å². The van der Waals surface area contributed by atoms with Crippen LogP contribution in [0.3, 0.4) is 0 Å². The minimum atomic E-state index is -0.884. The van der Waals surface area contributed by atoms with Crippen molar-refractivity contribution in [2.24, 2.45) is 11.3 Å². The predicted octanol–water partition coefficient (Wildman–Crippen LogP) is 4.10.